The Morgan fingerprint density at radius 3 is 2.80 bits per heavy atom. The van der Waals surface area contributed by atoms with E-state index < -0.39 is 11.6 Å². The number of thiazole rings is 1. The van der Waals surface area contributed by atoms with Gasteiger partial charge in [0, 0.05) is 24.3 Å². The molecule has 0 radical (unpaired) electrons. The minimum atomic E-state index is -0.665. The van der Waals surface area contributed by atoms with E-state index in [2.05, 4.69) is 4.99 Å². The van der Waals surface area contributed by atoms with Crippen molar-refractivity contribution < 1.29 is 13.5 Å². The number of nitrogens with zero attached hydrogens (tertiary/aromatic N) is 2. The van der Waals surface area contributed by atoms with Crippen molar-refractivity contribution in [2.45, 2.75) is 19.9 Å². The summed E-state index contributed by atoms with van der Waals surface area (Å²) in [6, 6.07) is 3.46. The maximum Gasteiger partial charge on any atom is 0.190 e. The van der Waals surface area contributed by atoms with Crippen molar-refractivity contribution in [1.29, 1.82) is 0 Å². The van der Waals surface area contributed by atoms with Gasteiger partial charge in [0.1, 0.15) is 11.5 Å². The van der Waals surface area contributed by atoms with Crippen LogP contribution in [-0.2, 0) is 4.74 Å². The van der Waals surface area contributed by atoms with Crippen LogP contribution >= 0.6 is 11.3 Å². The van der Waals surface area contributed by atoms with E-state index in [0.717, 1.165) is 11.8 Å². The third-order valence-corrected chi connectivity index (χ3v) is 3.85. The van der Waals surface area contributed by atoms with Gasteiger partial charge in [-0.1, -0.05) is 0 Å². The largest absolute Gasteiger partial charge is 0.383 e. The molecule has 0 aliphatic rings. The minimum Gasteiger partial charge on any atom is -0.383 e. The average Bonchev–Trinajstić information content (AvgIpc) is 2.74. The van der Waals surface area contributed by atoms with Gasteiger partial charge in [-0.05, 0) is 26.0 Å². The van der Waals surface area contributed by atoms with E-state index in [1.807, 2.05) is 23.8 Å². The van der Waals surface area contributed by atoms with E-state index >= 15 is 0 Å². The summed E-state index contributed by atoms with van der Waals surface area (Å²) in [5.41, 5.74) is 1.16. The van der Waals surface area contributed by atoms with Crippen molar-refractivity contribution in [3.63, 3.8) is 0 Å². The van der Waals surface area contributed by atoms with Crippen LogP contribution in [-0.4, -0.2) is 18.3 Å². The highest BCUT2D eigenvalue weighted by Gasteiger charge is 2.10. The lowest BCUT2D eigenvalue weighted by molar-refractivity contribution is 0.160. The molecule has 1 aromatic heterocycles. The predicted octanol–water partition coefficient (Wildman–Crippen LogP) is 3.58. The van der Waals surface area contributed by atoms with Gasteiger partial charge >= 0.3 is 0 Å². The Hall–Kier alpha value is -1.53. The highest BCUT2D eigenvalue weighted by atomic mass is 32.1. The average molecular weight is 298 g/mol. The van der Waals surface area contributed by atoms with Gasteiger partial charge in [-0.3, -0.25) is 0 Å². The molecule has 0 N–H and O–H groups in total. The Bertz CT molecular complexity index is 663. The van der Waals surface area contributed by atoms with Gasteiger partial charge in [-0.15, -0.1) is 11.3 Å². The lowest BCUT2D eigenvalue weighted by atomic mass is 10.3. The summed E-state index contributed by atoms with van der Waals surface area (Å²) in [6.45, 7) is 4.50. The van der Waals surface area contributed by atoms with Crippen molar-refractivity contribution >= 4 is 17.0 Å². The van der Waals surface area contributed by atoms with Gasteiger partial charge in [-0.2, -0.15) is 0 Å². The molecule has 1 atom stereocenters. The van der Waals surface area contributed by atoms with Gasteiger partial charge < -0.3 is 9.30 Å². The summed E-state index contributed by atoms with van der Waals surface area (Å²) in [7, 11) is 1.63. The van der Waals surface area contributed by atoms with Crippen molar-refractivity contribution in [3.05, 3.63) is 45.7 Å². The Labute approximate surface area is 120 Å². The number of benzene rings is 1. The second kappa shape index (κ2) is 6.28. The van der Waals surface area contributed by atoms with Crippen LogP contribution < -0.4 is 4.80 Å². The first-order chi connectivity index (χ1) is 9.52. The number of halogens is 2. The number of hydrogen-bond acceptors (Lipinski definition) is 3. The molecule has 1 heterocycles. The Kier molecular flexibility index (Phi) is 4.67. The minimum absolute atomic E-state index is 0.0912. The van der Waals surface area contributed by atoms with Crippen LogP contribution in [0.5, 0.6) is 0 Å². The molecule has 0 saturated carbocycles. The quantitative estimate of drug-likeness (QED) is 0.847. The Morgan fingerprint density at radius 1 is 1.40 bits per heavy atom. The van der Waals surface area contributed by atoms with Crippen LogP contribution in [0.3, 0.4) is 0 Å². The number of aromatic nitrogens is 1. The molecule has 0 saturated heterocycles. The summed E-state index contributed by atoms with van der Waals surface area (Å²) in [4.78, 5) is 4.95. The first kappa shape index (κ1) is 14.9. The maximum absolute atomic E-state index is 13.7. The molecule has 2 aromatic rings. The van der Waals surface area contributed by atoms with Crippen LogP contribution in [0.15, 0.2) is 28.6 Å². The molecule has 6 heteroatoms. The van der Waals surface area contributed by atoms with Crippen molar-refractivity contribution in [1.82, 2.24) is 4.57 Å². The van der Waals surface area contributed by atoms with E-state index in [4.69, 9.17) is 4.74 Å². The van der Waals surface area contributed by atoms with Crippen LogP contribution in [0.2, 0.25) is 0 Å². The van der Waals surface area contributed by atoms with Crippen LogP contribution in [0.25, 0.3) is 0 Å². The van der Waals surface area contributed by atoms with Gasteiger partial charge in [0.2, 0.25) is 0 Å². The molecule has 20 heavy (non-hydrogen) atoms. The molecule has 0 spiro atoms. The highest BCUT2D eigenvalue weighted by molar-refractivity contribution is 7.07. The summed E-state index contributed by atoms with van der Waals surface area (Å²) in [6.07, 6.45) is 0. The topological polar surface area (TPSA) is 26.5 Å². The molecule has 1 aromatic carbocycles. The molecule has 0 amide bonds. The number of rotatable bonds is 4. The number of ether oxygens (including phenoxy) is 1. The standard InChI is InChI=1S/C14H16F2N2OS/c1-9(7-19-3)18-10(2)8-20-14(18)17-13-5-4-11(15)6-12(13)16/h4-6,8-9H,7H2,1-3H3. The zero-order chi connectivity index (χ0) is 14.7. The molecule has 2 rings (SSSR count). The lowest BCUT2D eigenvalue weighted by Gasteiger charge is -2.14. The smallest absolute Gasteiger partial charge is 0.190 e. The molecule has 0 aliphatic heterocycles. The van der Waals surface area contributed by atoms with Gasteiger partial charge in [0.25, 0.3) is 0 Å². The second-order valence-corrected chi connectivity index (χ2v) is 5.38. The molecule has 3 nitrogen and oxygen atoms in total. The van der Waals surface area contributed by atoms with Gasteiger partial charge in [-0.25, -0.2) is 13.8 Å². The zero-order valence-corrected chi connectivity index (χ0v) is 12.4. The van der Waals surface area contributed by atoms with Crippen molar-refractivity contribution in [3.8, 4) is 0 Å². The number of aryl methyl sites for hydroxylation is 1. The van der Waals surface area contributed by atoms with Crippen LogP contribution in [0.4, 0.5) is 14.5 Å². The fourth-order valence-corrected chi connectivity index (χ4v) is 2.99. The van der Waals surface area contributed by atoms with Crippen LogP contribution in [0.1, 0.15) is 18.7 Å². The second-order valence-electron chi connectivity index (χ2n) is 4.54. The van der Waals surface area contributed by atoms with E-state index in [9.17, 15) is 8.78 Å². The molecule has 0 aliphatic carbocycles. The van der Waals surface area contributed by atoms with Crippen molar-refractivity contribution in [2.24, 2.45) is 4.99 Å². The van der Waals surface area contributed by atoms with E-state index in [1.54, 1.807) is 7.11 Å². The number of methoxy groups -OCH3 is 1. The highest BCUT2D eigenvalue weighted by Crippen LogP contribution is 2.18. The van der Waals surface area contributed by atoms with Crippen molar-refractivity contribution in [2.75, 3.05) is 13.7 Å². The fourth-order valence-electron chi connectivity index (χ4n) is 2.01. The maximum atomic E-state index is 13.7. The zero-order valence-electron chi connectivity index (χ0n) is 11.6. The van der Waals surface area contributed by atoms with Crippen LogP contribution in [0, 0.1) is 18.6 Å². The van der Waals surface area contributed by atoms with Gasteiger partial charge in [0.05, 0.1) is 12.6 Å². The number of hydrogen-bond donors (Lipinski definition) is 0. The van der Waals surface area contributed by atoms with E-state index in [0.29, 0.717) is 11.4 Å². The predicted molar refractivity (Wildman–Crippen MR) is 75.2 cm³/mol. The summed E-state index contributed by atoms with van der Waals surface area (Å²) in [5, 5.41) is 1.95. The molecule has 0 fully saturated rings. The lowest BCUT2D eigenvalue weighted by Crippen LogP contribution is -2.23. The molecular formula is C14H16F2N2OS. The molecule has 1 unspecified atom stereocenters. The summed E-state index contributed by atoms with van der Waals surface area (Å²) < 4.78 is 33.7. The molecule has 108 valence electrons. The normalized spacial score (nSPS) is 13.8. The molecule has 0 bridgehead atoms. The first-order valence-electron chi connectivity index (χ1n) is 6.18. The summed E-state index contributed by atoms with van der Waals surface area (Å²) >= 11 is 1.42. The Morgan fingerprint density at radius 2 is 2.15 bits per heavy atom. The molecular weight excluding hydrogens is 282 g/mol. The fraction of sp³-hybridized carbons (Fsp3) is 0.357. The third kappa shape index (κ3) is 3.13. The third-order valence-electron chi connectivity index (χ3n) is 2.90. The Balaban J connectivity index is 2.49. The monoisotopic (exact) mass is 298 g/mol. The summed E-state index contributed by atoms with van der Waals surface area (Å²) in [5.74, 6) is -1.27. The van der Waals surface area contributed by atoms with E-state index in [1.165, 1.54) is 23.5 Å². The SMILES string of the molecule is COCC(C)n1c(C)csc1=Nc1ccc(F)cc1F. The van der Waals surface area contributed by atoms with Gasteiger partial charge in [0.15, 0.2) is 10.6 Å². The van der Waals surface area contributed by atoms with E-state index in [-0.39, 0.29) is 11.7 Å². The first-order valence-corrected chi connectivity index (χ1v) is 7.06.